The maximum Gasteiger partial charge on any atom is 0.135 e. The highest BCUT2D eigenvalue weighted by atomic mass is 16.1. The zero-order valence-corrected chi connectivity index (χ0v) is 12.8. The molecule has 0 aromatic carbocycles. The van der Waals surface area contributed by atoms with Crippen molar-refractivity contribution in [2.24, 2.45) is 5.92 Å². The maximum atomic E-state index is 11.5. The smallest absolute Gasteiger partial charge is 0.135 e. The third-order valence-corrected chi connectivity index (χ3v) is 3.47. The van der Waals surface area contributed by atoms with Crippen LogP contribution < -0.4 is 0 Å². The summed E-state index contributed by atoms with van der Waals surface area (Å²) in [4.78, 5) is 15.9. The minimum atomic E-state index is 0.189. The van der Waals surface area contributed by atoms with E-state index in [0.29, 0.717) is 11.7 Å². The molecule has 106 valence electrons. The Morgan fingerprint density at radius 1 is 1.16 bits per heavy atom. The molecule has 0 aliphatic rings. The first-order chi connectivity index (χ1) is 9.00. The predicted molar refractivity (Wildman–Crippen MR) is 80.3 cm³/mol. The van der Waals surface area contributed by atoms with E-state index in [1.54, 1.807) is 0 Å². The van der Waals surface area contributed by atoms with Gasteiger partial charge in [-0.2, -0.15) is 0 Å². The lowest BCUT2D eigenvalue weighted by Gasteiger charge is -2.07. The highest BCUT2D eigenvalue weighted by molar-refractivity contribution is 5.80. The molecule has 0 bridgehead atoms. The largest absolute Gasteiger partial charge is 0.299 e. The van der Waals surface area contributed by atoms with E-state index in [1.165, 1.54) is 11.3 Å². The van der Waals surface area contributed by atoms with E-state index >= 15 is 0 Å². The average Bonchev–Trinajstić information content (AvgIpc) is 2.38. The normalized spacial score (nSPS) is 11.3. The van der Waals surface area contributed by atoms with Gasteiger partial charge in [-0.05, 0) is 42.9 Å². The van der Waals surface area contributed by atoms with Crippen LogP contribution in [0.25, 0.3) is 0 Å². The molecular formula is C17H27NO. The molecule has 0 saturated carbocycles. The minimum absolute atomic E-state index is 0.189. The number of nitrogens with zero attached hydrogens (tertiary/aromatic N) is 1. The molecule has 2 heteroatoms. The summed E-state index contributed by atoms with van der Waals surface area (Å²) in [6.07, 6.45) is 7.07. The van der Waals surface area contributed by atoms with Gasteiger partial charge in [0.05, 0.1) is 0 Å². The van der Waals surface area contributed by atoms with Crippen LogP contribution in [0.4, 0.5) is 0 Å². The second-order valence-electron chi connectivity index (χ2n) is 5.93. The van der Waals surface area contributed by atoms with Gasteiger partial charge in [-0.15, -0.1) is 0 Å². The van der Waals surface area contributed by atoms with Crippen LogP contribution in [0.2, 0.25) is 0 Å². The lowest BCUT2D eigenvalue weighted by molar-refractivity contribution is -0.122. The molecule has 2 nitrogen and oxygen atoms in total. The van der Waals surface area contributed by atoms with Gasteiger partial charge in [0.15, 0.2) is 0 Å². The standard InChI is InChI=1S/C17H27NO/c1-13(2)16-12-15(10-11-18-16)8-6-5-7-9-17(19)14(3)4/h10-14H,5-9H2,1-4H3. The van der Waals surface area contributed by atoms with Crippen molar-refractivity contribution in [3.63, 3.8) is 0 Å². The van der Waals surface area contributed by atoms with Crippen molar-refractivity contribution in [2.75, 3.05) is 0 Å². The van der Waals surface area contributed by atoms with E-state index in [4.69, 9.17) is 0 Å². The molecule has 1 heterocycles. The van der Waals surface area contributed by atoms with Gasteiger partial charge >= 0.3 is 0 Å². The molecule has 0 radical (unpaired) electrons. The number of aryl methyl sites for hydroxylation is 1. The van der Waals surface area contributed by atoms with Crippen molar-refractivity contribution in [1.29, 1.82) is 0 Å². The fourth-order valence-electron chi connectivity index (χ4n) is 2.06. The van der Waals surface area contributed by atoms with Gasteiger partial charge in [-0.1, -0.05) is 34.1 Å². The quantitative estimate of drug-likeness (QED) is 0.643. The Bertz CT molecular complexity index is 396. The summed E-state index contributed by atoms with van der Waals surface area (Å²) in [6.45, 7) is 8.30. The zero-order chi connectivity index (χ0) is 14.3. The molecule has 0 spiro atoms. The molecular weight excluding hydrogens is 234 g/mol. The average molecular weight is 261 g/mol. The summed E-state index contributed by atoms with van der Waals surface area (Å²) in [5.74, 6) is 1.07. The Balaban J connectivity index is 2.26. The molecule has 0 N–H and O–H groups in total. The summed E-state index contributed by atoms with van der Waals surface area (Å²) in [6, 6.07) is 4.31. The summed E-state index contributed by atoms with van der Waals surface area (Å²) in [5, 5.41) is 0. The van der Waals surface area contributed by atoms with Crippen LogP contribution in [-0.4, -0.2) is 10.8 Å². The van der Waals surface area contributed by atoms with Crippen LogP contribution in [0.15, 0.2) is 18.3 Å². The number of hydrogen-bond acceptors (Lipinski definition) is 2. The van der Waals surface area contributed by atoms with Crippen LogP contribution in [0.1, 0.15) is 70.6 Å². The van der Waals surface area contributed by atoms with Crippen molar-refractivity contribution < 1.29 is 4.79 Å². The van der Waals surface area contributed by atoms with Crippen molar-refractivity contribution in [1.82, 2.24) is 4.98 Å². The molecule has 0 unspecified atom stereocenters. The lowest BCUT2D eigenvalue weighted by Crippen LogP contribution is -2.06. The Morgan fingerprint density at radius 3 is 2.53 bits per heavy atom. The highest BCUT2D eigenvalue weighted by Crippen LogP contribution is 2.15. The monoisotopic (exact) mass is 261 g/mol. The third kappa shape index (κ3) is 6.00. The molecule has 1 aromatic rings. The molecule has 0 saturated heterocycles. The number of unbranched alkanes of at least 4 members (excludes halogenated alkanes) is 2. The molecule has 0 aliphatic heterocycles. The third-order valence-electron chi connectivity index (χ3n) is 3.47. The predicted octanol–water partition coefficient (Wildman–Crippen LogP) is 4.53. The molecule has 1 rings (SSSR count). The molecule has 1 aromatic heterocycles. The molecule has 0 amide bonds. The Labute approximate surface area is 117 Å². The number of pyridine rings is 1. The van der Waals surface area contributed by atoms with E-state index in [0.717, 1.165) is 32.1 Å². The molecule has 0 aliphatic carbocycles. The number of aromatic nitrogens is 1. The van der Waals surface area contributed by atoms with E-state index in [1.807, 2.05) is 20.0 Å². The van der Waals surface area contributed by atoms with Crippen molar-refractivity contribution >= 4 is 5.78 Å². The Kier molecular flexibility index (Phi) is 6.75. The second-order valence-corrected chi connectivity index (χ2v) is 5.93. The summed E-state index contributed by atoms with van der Waals surface area (Å²) < 4.78 is 0. The van der Waals surface area contributed by atoms with Crippen LogP contribution in [0.3, 0.4) is 0 Å². The first-order valence-electron chi connectivity index (χ1n) is 7.48. The van der Waals surface area contributed by atoms with Crippen molar-refractivity contribution in [2.45, 2.75) is 65.7 Å². The first kappa shape index (κ1) is 15.9. The van der Waals surface area contributed by atoms with Gasteiger partial charge in [0, 0.05) is 24.2 Å². The summed E-state index contributed by atoms with van der Waals surface area (Å²) in [5.41, 5.74) is 2.54. The molecule has 19 heavy (non-hydrogen) atoms. The fraction of sp³-hybridized carbons (Fsp3) is 0.647. The maximum absolute atomic E-state index is 11.5. The zero-order valence-electron chi connectivity index (χ0n) is 12.8. The fourth-order valence-corrected chi connectivity index (χ4v) is 2.06. The Morgan fingerprint density at radius 2 is 1.89 bits per heavy atom. The van der Waals surface area contributed by atoms with Gasteiger partial charge < -0.3 is 0 Å². The van der Waals surface area contributed by atoms with E-state index in [9.17, 15) is 4.79 Å². The van der Waals surface area contributed by atoms with Crippen LogP contribution in [0.5, 0.6) is 0 Å². The van der Waals surface area contributed by atoms with Gasteiger partial charge in [-0.25, -0.2) is 0 Å². The van der Waals surface area contributed by atoms with Gasteiger partial charge in [0.1, 0.15) is 5.78 Å². The van der Waals surface area contributed by atoms with Gasteiger partial charge in [-0.3, -0.25) is 9.78 Å². The minimum Gasteiger partial charge on any atom is -0.299 e. The van der Waals surface area contributed by atoms with Crippen LogP contribution >= 0.6 is 0 Å². The van der Waals surface area contributed by atoms with E-state index in [2.05, 4.69) is 31.0 Å². The van der Waals surface area contributed by atoms with Crippen molar-refractivity contribution in [3.8, 4) is 0 Å². The Hall–Kier alpha value is -1.18. The van der Waals surface area contributed by atoms with E-state index < -0.39 is 0 Å². The number of Topliss-reactive ketones (excluding diaryl/α,β-unsaturated/α-hetero) is 1. The number of carbonyl (C=O) groups excluding carboxylic acids is 1. The highest BCUT2D eigenvalue weighted by Gasteiger charge is 2.06. The van der Waals surface area contributed by atoms with Gasteiger partial charge in [0.2, 0.25) is 0 Å². The molecule has 0 fully saturated rings. The number of hydrogen-bond donors (Lipinski definition) is 0. The summed E-state index contributed by atoms with van der Waals surface area (Å²) in [7, 11) is 0. The van der Waals surface area contributed by atoms with Crippen LogP contribution in [-0.2, 0) is 11.2 Å². The summed E-state index contributed by atoms with van der Waals surface area (Å²) >= 11 is 0. The lowest BCUT2D eigenvalue weighted by atomic mass is 10.0. The van der Waals surface area contributed by atoms with Crippen molar-refractivity contribution in [3.05, 3.63) is 29.6 Å². The first-order valence-corrected chi connectivity index (χ1v) is 7.48. The second kappa shape index (κ2) is 8.08. The van der Waals surface area contributed by atoms with Crippen LogP contribution in [0, 0.1) is 5.92 Å². The topological polar surface area (TPSA) is 30.0 Å². The number of ketones is 1. The molecule has 0 atom stereocenters. The van der Waals surface area contributed by atoms with E-state index in [-0.39, 0.29) is 5.92 Å². The number of carbonyl (C=O) groups is 1. The number of rotatable bonds is 8. The SMILES string of the molecule is CC(C)C(=O)CCCCCc1ccnc(C(C)C)c1. The van der Waals surface area contributed by atoms with Gasteiger partial charge in [0.25, 0.3) is 0 Å².